The summed E-state index contributed by atoms with van der Waals surface area (Å²) in [6, 6.07) is 5.63. The molecule has 0 spiro atoms. The van der Waals surface area contributed by atoms with Crippen molar-refractivity contribution in [2.24, 2.45) is 5.92 Å². The van der Waals surface area contributed by atoms with E-state index in [4.69, 9.17) is 0 Å². The van der Waals surface area contributed by atoms with E-state index in [1.54, 1.807) is 20.0 Å². The second-order valence-electron chi connectivity index (χ2n) is 7.17. The number of H-pyrrole nitrogens is 1. The Kier molecular flexibility index (Phi) is 5.23. The number of aromatic amines is 1. The van der Waals surface area contributed by atoms with Gasteiger partial charge in [0, 0.05) is 37.0 Å². The topological polar surface area (TPSA) is 95.1 Å². The number of hydrogen-bond acceptors (Lipinski definition) is 4. The van der Waals surface area contributed by atoms with Crippen molar-refractivity contribution in [3.8, 4) is 0 Å². The van der Waals surface area contributed by atoms with Crippen LogP contribution in [-0.2, 0) is 6.42 Å². The molecule has 2 aromatic heterocycles. The van der Waals surface area contributed by atoms with Gasteiger partial charge < -0.3 is 15.4 Å². The first-order valence-electron chi connectivity index (χ1n) is 8.95. The average Bonchev–Trinajstić information content (AvgIpc) is 2.87. The van der Waals surface area contributed by atoms with Gasteiger partial charge in [-0.1, -0.05) is 6.07 Å². The Morgan fingerprint density at radius 3 is 2.62 bits per heavy atom. The fraction of sp³-hybridized carbons (Fsp3) is 0.450. The number of hydrogen-bond donors (Lipinski definition) is 3. The maximum absolute atomic E-state index is 12.9. The molecule has 0 unspecified atom stereocenters. The van der Waals surface area contributed by atoms with Crippen LogP contribution in [-0.4, -0.2) is 38.9 Å². The highest BCUT2D eigenvalue weighted by atomic mass is 16.3. The SMILES string of the molecule is CC(=O)c1[nH]c(C)c(C(=O)N[C@H](Cc2ccccn2)C2CC(O)C2)c1C. The number of aliphatic hydroxyl groups is 1. The zero-order valence-electron chi connectivity index (χ0n) is 15.4. The minimum atomic E-state index is -0.289. The maximum Gasteiger partial charge on any atom is 0.253 e. The van der Waals surface area contributed by atoms with Crippen molar-refractivity contribution in [2.75, 3.05) is 0 Å². The lowest BCUT2D eigenvalue weighted by Gasteiger charge is -2.38. The van der Waals surface area contributed by atoms with Crippen molar-refractivity contribution in [1.29, 1.82) is 0 Å². The van der Waals surface area contributed by atoms with E-state index >= 15 is 0 Å². The van der Waals surface area contributed by atoms with Gasteiger partial charge in [0.05, 0.1) is 17.4 Å². The van der Waals surface area contributed by atoms with Gasteiger partial charge in [0.15, 0.2) is 5.78 Å². The van der Waals surface area contributed by atoms with E-state index in [-0.39, 0.29) is 29.8 Å². The molecule has 1 atom stereocenters. The fourth-order valence-electron chi connectivity index (χ4n) is 3.72. The predicted octanol–water partition coefficient (Wildman–Crippen LogP) is 2.34. The van der Waals surface area contributed by atoms with Crippen LogP contribution < -0.4 is 5.32 Å². The Morgan fingerprint density at radius 2 is 2.08 bits per heavy atom. The van der Waals surface area contributed by atoms with Gasteiger partial charge in [-0.15, -0.1) is 0 Å². The van der Waals surface area contributed by atoms with Crippen LogP contribution in [0.2, 0.25) is 0 Å². The number of Topliss-reactive ketones (excluding diaryl/α,β-unsaturated/α-hetero) is 1. The monoisotopic (exact) mass is 355 g/mol. The minimum absolute atomic E-state index is 0.0863. The molecule has 1 aliphatic rings. The summed E-state index contributed by atoms with van der Waals surface area (Å²) >= 11 is 0. The summed E-state index contributed by atoms with van der Waals surface area (Å²) in [7, 11) is 0. The minimum Gasteiger partial charge on any atom is -0.393 e. The Labute approximate surface area is 153 Å². The lowest BCUT2D eigenvalue weighted by Crippen LogP contribution is -2.48. The van der Waals surface area contributed by atoms with Crippen LogP contribution in [0.3, 0.4) is 0 Å². The summed E-state index contributed by atoms with van der Waals surface area (Å²) in [6.45, 7) is 5.07. The standard InChI is InChI=1S/C20H25N3O3/c1-11-18(12(2)22-19(11)13(3)24)20(26)23-17(14-8-16(25)9-14)10-15-6-4-5-7-21-15/h4-7,14,16-17,22,25H,8-10H2,1-3H3,(H,23,26)/t14?,16?,17-/m1/s1. The van der Waals surface area contributed by atoms with Crippen molar-refractivity contribution in [3.05, 3.63) is 52.6 Å². The Balaban J connectivity index is 1.80. The van der Waals surface area contributed by atoms with Crippen molar-refractivity contribution < 1.29 is 14.7 Å². The molecule has 138 valence electrons. The molecular formula is C20H25N3O3. The summed E-state index contributed by atoms with van der Waals surface area (Å²) in [5.74, 6) is -0.0503. The number of nitrogens with one attached hydrogen (secondary N) is 2. The molecular weight excluding hydrogens is 330 g/mol. The van der Waals surface area contributed by atoms with Crippen LogP contribution in [0.15, 0.2) is 24.4 Å². The predicted molar refractivity (Wildman–Crippen MR) is 98.2 cm³/mol. The van der Waals surface area contributed by atoms with Crippen LogP contribution in [0.4, 0.5) is 0 Å². The van der Waals surface area contributed by atoms with Crippen molar-refractivity contribution >= 4 is 11.7 Å². The van der Waals surface area contributed by atoms with Gasteiger partial charge in [0.1, 0.15) is 0 Å². The van der Waals surface area contributed by atoms with E-state index in [2.05, 4.69) is 15.3 Å². The molecule has 6 nitrogen and oxygen atoms in total. The number of carbonyl (C=O) groups excluding carboxylic acids is 2. The van der Waals surface area contributed by atoms with E-state index in [0.29, 0.717) is 41.8 Å². The highest BCUT2D eigenvalue weighted by molar-refractivity contribution is 6.02. The third-order valence-corrected chi connectivity index (χ3v) is 5.21. The second kappa shape index (κ2) is 7.41. The zero-order valence-corrected chi connectivity index (χ0v) is 15.4. The molecule has 2 aromatic rings. The Hall–Kier alpha value is -2.47. The van der Waals surface area contributed by atoms with Crippen molar-refractivity contribution in [3.63, 3.8) is 0 Å². The lowest BCUT2D eigenvalue weighted by molar-refractivity contribution is 0.0237. The molecule has 0 bridgehead atoms. The summed E-state index contributed by atoms with van der Waals surface area (Å²) < 4.78 is 0. The van der Waals surface area contributed by atoms with Crippen LogP contribution in [0.5, 0.6) is 0 Å². The van der Waals surface area contributed by atoms with Gasteiger partial charge in [-0.05, 0) is 50.3 Å². The van der Waals surface area contributed by atoms with Gasteiger partial charge >= 0.3 is 0 Å². The second-order valence-corrected chi connectivity index (χ2v) is 7.17. The molecule has 0 aliphatic heterocycles. The first-order chi connectivity index (χ1) is 12.4. The summed E-state index contributed by atoms with van der Waals surface area (Å²) in [5, 5.41) is 12.8. The highest BCUT2D eigenvalue weighted by Crippen LogP contribution is 2.32. The van der Waals surface area contributed by atoms with Crippen molar-refractivity contribution in [2.45, 2.75) is 52.2 Å². The molecule has 3 N–H and O–H groups in total. The van der Waals surface area contributed by atoms with E-state index in [1.165, 1.54) is 6.92 Å². The van der Waals surface area contributed by atoms with Gasteiger partial charge in [-0.2, -0.15) is 0 Å². The van der Waals surface area contributed by atoms with Crippen LogP contribution in [0, 0.1) is 19.8 Å². The molecule has 0 radical (unpaired) electrons. The molecule has 0 aromatic carbocycles. The molecule has 1 fully saturated rings. The van der Waals surface area contributed by atoms with Gasteiger partial charge in [-0.3, -0.25) is 14.6 Å². The molecule has 6 heteroatoms. The van der Waals surface area contributed by atoms with Crippen molar-refractivity contribution in [1.82, 2.24) is 15.3 Å². The number of aryl methyl sites for hydroxylation is 1. The maximum atomic E-state index is 12.9. The molecule has 1 saturated carbocycles. The first kappa shape index (κ1) is 18.3. The molecule has 0 saturated heterocycles. The molecule has 1 amide bonds. The van der Waals surface area contributed by atoms with E-state index in [1.807, 2.05) is 18.2 Å². The average molecular weight is 355 g/mol. The third-order valence-electron chi connectivity index (χ3n) is 5.21. The van der Waals surface area contributed by atoms with Crippen LogP contribution in [0.1, 0.15) is 57.6 Å². The van der Waals surface area contributed by atoms with Gasteiger partial charge in [0.2, 0.25) is 0 Å². The number of ketones is 1. The first-order valence-corrected chi connectivity index (χ1v) is 8.95. The molecule has 1 aliphatic carbocycles. The van der Waals surface area contributed by atoms with E-state index < -0.39 is 0 Å². The van der Waals surface area contributed by atoms with E-state index in [9.17, 15) is 14.7 Å². The van der Waals surface area contributed by atoms with Crippen LogP contribution >= 0.6 is 0 Å². The number of aliphatic hydroxyl groups excluding tert-OH is 1. The smallest absolute Gasteiger partial charge is 0.253 e. The number of carbonyl (C=O) groups is 2. The third kappa shape index (κ3) is 3.70. The van der Waals surface area contributed by atoms with Crippen LogP contribution in [0.25, 0.3) is 0 Å². The number of amides is 1. The number of pyridine rings is 1. The van der Waals surface area contributed by atoms with Gasteiger partial charge in [0.25, 0.3) is 5.91 Å². The molecule has 2 heterocycles. The normalized spacial score (nSPS) is 20.3. The Bertz CT molecular complexity index is 807. The highest BCUT2D eigenvalue weighted by Gasteiger charge is 2.35. The quantitative estimate of drug-likeness (QED) is 0.693. The Morgan fingerprint density at radius 1 is 1.35 bits per heavy atom. The molecule has 3 rings (SSSR count). The largest absolute Gasteiger partial charge is 0.393 e. The van der Waals surface area contributed by atoms with Gasteiger partial charge in [-0.25, -0.2) is 0 Å². The summed E-state index contributed by atoms with van der Waals surface area (Å²) in [4.78, 5) is 32.0. The van der Waals surface area contributed by atoms with E-state index in [0.717, 1.165) is 5.69 Å². The molecule has 26 heavy (non-hydrogen) atoms. The summed E-state index contributed by atoms with van der Waals surface area (Å²) in [6.07, 6.45) is 3.43. The number of aromatic nitrogens is 2. The number of nitrogens with zero attached hydrogens (tertiary/aromatic N) is 1. The summed E-state index contributed by atoms with van der Waals surface area (Å²) in [5.41, 5.74) is 3.29. The lowest BCUT2D eigenvalue weighted by atomic mass is 9.75. The fourth-order valence-corrected chi connectivity index (χ4v) is 3.72. The zero-order chi connectivity index (χ0) is 18.8. The number of rotatable bonds is 6.